The Morgan fingerprint density at radius 3 is 2.87 bits per heavy atom. The van der Waals surface area contributed by atoms with Crippen LogP contribution in [-0.2, 0) is 13.2 Å². The Morgan fingerprint density at radius 1 is 1.23 bits per heavy atom. The first kappa shape index (κ1) is 20.4. The highest BCUT2D eigenvalue weighted by Gasteiger charge is 2.15. The lowest BCUT2D eigenvalue weighted by molar-refractivity contribution is 0.0921. The first-order valence-corrected chi connectivity index (χ1v) is 10.0. The molecule has 0 bridgehead atoms. The maximum Gasteiger partial charge on any atom is 0.286 e. The van der Waals surface area contributed by atoms with Crippen molar-refractivity contribution in [2.24, 2.45) is 0 Å². The summed E-state index contributed by atoms with van der Waals surface area (Å²) in [6.07, 6.45) is 0.643. The van der Waals surface area contributed by atoms with Crippen LogP contribution in [0.25, 0.3) is 0 Å². The molecule has 0 aliphatic carbocycles. The van der Waals surface area contributed by atoms with Crippen LogP contribution in [0.15, 0.2) is 34.7 Å². The second-order valence-electron chi connectivity index (χ2n) is 6.59. The van der Waals surface area contributed by atoms with Crippen LogP contribution in [0.3, 0.4) is 0 Å². The van der Waals surface area contributed by atoms with E-state index in [1.165, 1.54) is 0 Å². The predicted molar refractivity (Wildman–Crippen MR) is 110 cm³/mol. The Bertz CT molecular complexity index is 1060. The lowest BCUT2D eigenvalue weighted by Crippen LogP contribution is -2.25. The van der Waals surface area contributed by atoms with E-state index >= 15 is 0 Å². The summed E-state index contributed by atoms with van der Waals surface area (Å²) in [6.45, 7) is 3.16. The molecular weight excluding hydrogens is 433 g/mol. The maximum absolute atomic E-state index is 12.3. The molecule has 4 rings (SSSR count). The summed E-state index contributed by atoms with van der Waals surface area (Å²) >= 11 is 12.1. The normalized spacial score (nSPS) is 12.2. The molecule has 0 fully saturated rings. The Kier molecular flexibility index (Phi) is 6.06. The van der Waals surface area contributed by atoms with Gasteiger partial charge in [0.2, 0.25) is 6.79 Å². The summed E-state index contributed by atoms with van der Waals surface area (Å²) in [4.78, 5) is 12.3. The van der Waals surface area contributed by atoms with Gasteiger partial charge in [0.1, 0.15) is 28.3 Å². The number of carbonyl (C=O) groups excluding carboxylic acids is 1. The molecule has 0 radical (unpaired) electrons. The van der Waals surface area contributed by atoms with Gasteiger partial charge in [-0.2, -0.15) is 5.10 Å². The van der Waals surface area contributed by atoms with Gasteiger partial charge in [-0.25, -0.2) is 0 Å². The van der Waals surface area contributed by atoms with Gasteiger partial charge in [0.15, 0.2) is 17.3 Å². The highest BCUT2D eigenvalue weighted by molar-refractivity contribution is 6.41. The van der Waals surface area contributed by atoms with Crippen molar-refractivity contribution in [1.82, 2.24) is 15.1 Å². The molecule has 8 nitrogen and oxygen atoms in total. The van der Waals surface area contributed by atoms with Crippen LogP contribution in [0, 0.1) is 6.92 Å². The molecule has 0 spiro atoms. The number of aromatic nitrogens is 2. The number of aryl methyl sites for hydroxylation is 2. The summed E-state index contributed by atoms with van der Waals surface area (Å²) in [7, 11) is 0. The highest BCUT2D eigenvalue weighted by Crippen LogP contribution is 2.35. The minimum absolute atomic E-state index is 0.185. The molecule has 158 valence electrons. The summed E-state index contributed by atoms with van der Waals surface area (Å²) in [5, 5.41) is 7.90. The monoisotopic (exact) mass is 451 g/mol. The van der Waals surface area contributed by atoms with Gasteiger partial charge in [-0.3, -0.25) is 9.48 Å². The minimum atomic E-state index is -0.301. The number of carbonyl (C=O) groups is 1. The third-order valence-electron chi connectivity index (χ3n) is 4.44. The minimum Gasteiger partial charge on any atom is -0.486 e. The number of amides is 1. The van der Waals surface area contributed by atoms with Gasteiger partial charge in [-0.05, 0) is 37.6 Å². The molecule has 0 unspecified atom stereocenters. The Labute approximate surface area is 182 Å². The van der Waals surface area contributed by atoms with Crippen molar-refractivity contribution in [2.75, 3.05) is 13.3 Å². The van der Waals surface area contributed by atoms with Gasteiger partial charge in [0.25, 0.3) is 5.91 Å². The number of halogens is 2. The van der Waals surface area contributed by atoms with Gasteiger partial charge < -0.3 is 23.9 Å². The fourth-order valence-electron chi connectivity index (χ4n) is 2.90. The van der Waals surface area contributed by atoms with E-state index in [9.17, 15) is 4.79 Å². The van der Waals surface area contributed by atoms with Crippen LogP contribution in [0.1, 0.15) is 28.4 Å². The van der Waals surface area contributed by atoms with E-state index in [-0.39, 0.29) is 25.1 Å². The van der Waals surface area contributed by atoms with Crippen LogP contribution in [0.4, 0.5) is 0 Å². The topological polar surface area (TPSA) is 87.8 Å². The molecular formula is C20H19Cl2N3O5. The average Bonchev–Trinajstić information content (AvgIpc) is 3.46. The Morgan fingerprint density at radius 2 is 2.07 bits per heavy atom. The average molecular weight is 452 g/mol. The lowest BCUT2D eigenvalue weighted by Gasteiger charge is -2.06. The molecule has 1 amide bonds. The zero-order chi connectivity index (χ0) is 21.1. The first-order valence-electron chi connectivity index (χ1n) is 9.29. The standard InChI is InChI=1S/C20H19Cl2N3O5/c1-12-18(21)19(22)25(24-12)8-2-7-23-20(26)16-6-4-14(30-16)10-27-13-3-5-15-17(9-13)29-11-28-15/h3-6,9H,2,7-8,10-11H2,1H3,(H,23,26). The largest absolute Gasteiger partial charge is 0.486 e. The van der Waals surface area contributed by atoms with Crippen molar-refractivity contribution in [1.29, 1.82) is 0 Å². The molecule has 0 saturated carbocycles. The molecule has 3 aromatic rings. The summed E-state index contributed by atoms with van der Waals surface area (Å²) < 4.78 is 23.4. The van der Waals surface area contributed by atoms with E-state index in [0.717, 1.165) is 0 Å². The van der Waals surface area contributed by atoms with Crippen LogP contribution in [0.2, 0.25) is 10.2 Å². The Hall–Kier alpha value is -2.84. The number of furan rings is 1. The van der Waals surface area contributed by atoms with Crippen LogP contribution < -0.4 is 19.5 Å². The number of nitrogens with zero attached hydrogens (tertiary/aromatic N) is 2. The first-order chi connectivity index (χ1) is 14.5. The number of hydrogen-bond acceptors (Lipinski definition) is 6. The number of hydrogen-bond donors (Lipinski definition) is 1. The number of rotatable bonds is 8. The quantitative estimate of drug-likeness (QED) is 0.515. The second kappa shape index (κ2) is 8.89. The van der Waals surface area contributed by atoms with E-state index in [4.69, 9.17) is 41.8 Å². The van der Waals surface area contributed by atoms with Crippen molar-refractivity contribution >= 4 is 29.1 Å². The van der Waals surface area contributed by atoms with Crippen molar-refractivity contribution in [3.63, 3.8) is 0 Å². The molecule has 1 aliphatic heterocycles. The summed E-state index contributed by atoms with van der Waals surface area (Å²) in [6, 6.07) is 8.63. The fourth-order valence-corrected chi connectivity index (χ4v) is 3.29. The fraction of sp³-hybridized carbons (Fsp3) is 0.300. The van der Waals surface area contributed by atoms with Gasteiger partial charge in [0.05, 0.1) is 5.69 Å². The van der Waals surface area contributed by atoms with Crippen LogP contribution >= 0.6 is 23.2 Å². The molecule has 2 aromatic heterocycles. The van der Waals surface area contributed by atoms with Crippen molar-refractivity contribution < 1.29 is 23.4 Å². The molecule has 0 atom stereocenters. The Balaban J connectivity index is 1.23. The van der Waals surface area contributed by atoms with E-state index in [2.05, 4.69) is 10.4 Å². The van der Waals surface area contributed by atoms with Crippen LogP contribution in [0.5, 0.6) is 17.2 Å². The summed E-state index contributed by atoms with van der Waals surface area (Å²) in [5.74, 6) is 2.40. The molecule has 1 N–H and O–H groups in total. The van der Waals surface area contributed by atoms with Gasteiger partial charge in [-0.15, -0.1) is 0 Å². The van der Waals surface area contributed by atoms with E-state index in [1.807, 2.05) is 0 Å². The van der Waals surface area contributed by atoms with Crippen molar-refractivity contribution in [3.8, 4) is 17.2 Å². The van der Waals surface area contributed by atoms with Crippen molar-refractivity contribution in [3.05, 3.63) is 57.7 Å². The van der Waals surface area contributed by atoms with Gasteiger partial charge in [-0.1, -0.05) is 23.2 Å². The maximum atomic E-state index is 12.3. The molecule has 3 heterocycles. The summed E-state index contributed by atoms with van der Waals surface area (Å²) in [5.41, 5.74) is 0.678. The smallest absolute Gasteiger partial charge is 0.286 e. The molecule has 0 saturated heterocycles. The zero-order valence-electron chi connectivity index (χ0n) is 16.1. The molecule has 10 heteroatoms. The highest BCUT2D eigenvalue weighted by atomic mass is 35.5. The second-order valence-corrected chi connectivity index (χ2v) is 7.33. The predicted octanol–water partition coefficient (Wildman–Crippen LogP) is 4.22. The van der Waals surface area contributed by atoms with Crippen LogP contribution in [-0.4, -0.2) is 29.0 Å². The lowest BCUT2D eigenvalue weighted by atomic mass is 10.3. The molecule has 30 heavy (non-hydrogen) atoms. The third kappa shape index (κ3) is 4.49. The van der Waals surface area contributed by atoms with E-state index < -0.39 is 0 Å². The van der Waals surface area contributed by atoms with E-state index in [1.54, 1.807) is 41.9 Å². The van der Waals surface area contributed by atoms with Gasteiger partial charge in [0, 0.05) is 19.2 Å². The number of benzene rings is 1. The van der Waals surface area contributed by atoms with Gasteiger partial charge >= 0.3 is 0 Å². The number of fused-ring (bicyclic) bond motifs is 1. The number of nitrogens with one attached hydrogen (secondary N) is 1. The third-order valence-corrected chi connectivity index (χ3v) is 5.37. The van der Waals surface area contributed by atoms with Crippen molar-refractivity contribution in [2.45, 2.75) is 26.5 Å². The SMILES string of the molecule is Cc1nn(CCCNC(=O)c2ccc(COc3ccc4c(c3)OCO4)o2)c(Cl)c1Cl. The zero-order valence-corrected chi connectivity index (χ0v) is 17.6. The number of ether oxygens (including phenoxy) is 3. The molecule has 1 aliphatic rings. The van der Waals surface area contributed by atoms with E-state index in [0.29, 0.717) is 58.4 Å². The molecule has 1 aromatic carbocycles.